The van der Waals surface area contributed by atoms with Gasteiger partial charge in [0.1, 0.15) is 5.75 Å². The molecule has 126 valence electrons. The number of nitrogens with one attached hydrogen (secondary N) is 2. The molecule has 2 atom stereocenters. The first kappa shape index (κ1) is 16.6. The zero-order chi connectivity index (χ0) is 16.9. The van der Waals surface area contributed by atoms with Gasteiger partial charge >= 0.3 is 6.03 Å². The minimum atomic E-state index is -0.782. The van der Waals surface area contributed by atoms with Crippen LogP contribution in [0.2, 0.25) is 5.02 Å². The Labute approximate surface area is 145 Å². The molecule has 0 aliphatic carbocycles. The predicted octanol–water partition coefficient (Wildman–Crippen LogP) is 3.20. The third-order valence-electron chi connectivity index (χ3n) is 3.97. The lowest BCUT2D eigenvalue weighted by molar-refractivity contribution is 0.171. The Morgan fingerprint density at radius 1 is 1.25 bits per heavy atom. The molecule has 2 aromatic carbocycles. The number of carbonyl (C=O) groups is 1. The van der Waals surface area contributed by atoms with Crippen LogP contribution in [0.3, 0.4) is 0 Å². The zero-order valence-electron chi connectivity index (χ0n) is 13.0. The van der Waals surface area contributed by atoms with Crippen LogP contribution in [0.1, 0.15) is 29.7 Å². The highest BCUT2D eigenvalue weighted by molar-refractivity contribution is 6.30. The Bertz CT molecular complexity index is 706. The quantitative estimate of drug-likeness (QED) is 0.796. The molecule has 24 heavy (non-hydrogen) atoms. The Morgan fingerprint density at radius 3 is 2.79 bits per heavy atom. The average Bonchev–Trinajstić information content (AvgIpc) is 2.61. The Kier molecular flexibility index (Phi) is 5.23. The number of amides is 2. The predicted molar refractivity (Wildman–Crippen MR) is 92.2 cm³/mol. The Morgan fingerprint density at radius 2 is 2.00 bits per heavy atom. The van der Waals surface area contributed by atoms with Crippen LogP contribution in [0.25, 0.3) is 0 Å². The summed E-state index contributed by atoms with van der Waals surface area (Å²) in [6.07, 6.45) is -0.0699. The van der Waals surface area contributed by atoms with Crippen molar-refractivity contribution in [2.75, 3.05) is 13.2 Å². The lowest BCUT2D eigenvalue weighted by Crippen LogP contribution is -2.41. The van der Waals surface area contributed by atoms with E-state index in [1.165, 1.54) is 0 Å². The first-order valence-electron chi connectivity index (χ1n) is 7.83. The van der Waals surface area contributed by atoms with E-state index < -0.39 is 6.10 Å². The summed E-state index contributed by atoms with van der Waals surface area (Å²) in [4.78, 5) is 12.1. The van der Waals surface area contributed by atoms with Gasteiger partial charge in [-0.15, -0.1) is 0 Å². The van der Waals surface area contributed by atoms with Crippen molar-refractivity contribution in [1.29, 1.82) is 0 Å². The van der Waals surface area contributed by atoms with E-state index >= 15 is 0 Å². The van der Waals surface area contributed by atoms with E-state index in [4.69, 9.17) is 16.3 Å². The van der Waals surface area contributed by atoms with Gasteiger partial charge in [0.05, 0.1) is 18.8 Å². The number of hydrogen-bond acceptors (Lipinski definition) is 3. The minimum absolute atomic E-state index is 0.0948. The molecule has 0 spiro atoms. The van der Waals surface area contributed by atoms with Gasteiger partial charge < -0.3 is 20.5 Å². The second kappa shape index (κ2) is 7.55. The SMILES string of the molecule is O=C(NCC(O)c1ccc(Cl)cc1)NC1CCOc2ccccc21. The molecule has 1 heterocycles. The van der Waals surface area contributed by atoms with E-state index in [0.717, 1.165) is 11.3 Å². The summed E-state index contributed by atoms with van der Waals surface area (Å²) in [5.74, 6) is 0.801. The standard InChI is InChI=1S/C18H19ClN2O3/c19-13-7-5-12(6-8-13)16(22)11-20-18(23)21-15-9-10-24-17-4-2-1-3-14(15)17/h1-8,15-16,22H,9-11H2,(H2,20,21,23). The Hall–Kier alpha value is -2.24. The number of aliphatic hydroxyl groups is 1. The Balaban J connectivity index is 1.54. The number of halogens is 1. The third-order valence-corrected chi connectivity index (χ3v) is 4.23. The van der Waals surface area contributed by atoms with Gasteiger partial charge in [-0.05, 0) is 23.8 Å². The highest BCUT2D eigenvalue weighted by atomic mass is 35.5. The van der Waals surface area contributed by atoms with Crippen molar-refractivity contribution < 1.29 is 14.6 Å². The summed E-state index contributed by atoms with van der Waals surface area (Å²) >= 11 is 5.82. The van der Waals surface area contributed by atoms with E-state index in [2.05, 4.69) is 10.6 Å². The lowest BCUT2D eigenvalue weighted by atomic mass is 10.0. The second-order valence-electron chi connectivity index (χ2n) is 5.65. The largest absolute Gasteiger partial charge is 0.493 e. The first-order valence-corrected chi connectivity index (χ1v) is 8.21. The molecule has 0 radical (unpaired) electrons. The molecule has 2 aromatic rings. The van der Waals surface area contributed by atoms with Crippen molar-refractivity contribution in [2.24, 2.45) is 0 Å². The highest BCUT2D eigenvalue weighted by Gasteiger charge is 2.22. The van der Waals surface area contributed by atoms with Gasteiger partial charge in [-0.2, -0.15) is 0 Å². The lowest BCUT2D eigenvalue weighted by Gasteiger charge is -2.26. The molecule has 1 aliphatic heterocycles. The van der Waals surface area contributed by atoms with E-state index in [-0.39, 0.29) is 18.6 Å². The van der Waals surface area contributed by atoms with Gasteiger partial charge in [0, 0.05) is 23.6 Å². The molecule has 1 aliphatic rings. The number of carbonyl (C=O) groups excluding carboxylic acids is 1. The van der Waals surface area contributed by atoms with Gasteiger partial charge in [0.15, 0.2) is 0 Å². The molecule has 2 unspecified atom stereocenters. The van der Waals surface area contributed by atoms with E-state index in [9.17, 15) is 9.90 Å². The van der Waals surface area contributed by atoms with Crippen LogP contribution in [0.5, 0.6) is 5.75 Å². The smallest absolute Gasteiger partial charge is 0.315 e. The number of rotatable bonds is 4. The zero-order valence-corrected chi connectivity index (χ0v) is 13.8. The van der Waals surface area contributed by atoms with Crippen molar-refractivity contribution in [2.45, 2.75) is 18.6 Å². The number of fused-ring (bicyclic) bond motifs is 1. The minimum Gasteiger partial charge on any atom is -0.493 e. The third kappa shape index (κ3) is 3.99. The number of para-hydroxylation sites is 1. The fourth-order valence-electron chi connectivity index (χ4n) is 2.69. The number of ether oxygens (including phenoxy) is 1. The van der Waals surface area contributed by atoms with E-state index in [0.29, 0.717) is 23.6 Å². The van der Waals surface area contributed by atoms with Crippen LogP contribution in [-0.4, -0.2) is 24.3 Å². The molecule has 3 rings (SSSR count). The number of urea groups is 1. The highest BCUT2D eigenvalue weighted by Crippen LogP contribution is 2.31. The van der Waals surface area contributed by atoms with Gasteiger partial charge in [0.25, 0.3) is 0 Å². The van der Waals surface area contributed by atoms with Crippen molar-refractivity contribution in [1.82, 2.24) is 10.6 Å². The molecule has 0 bridgehead atoms. The van der Waals surface area contributed by atoms with Crippen LogP contribution in [-0.2, 0) is 0 Å². The van der Waals surface area contributed by atoms with Crippen molar-refractivity contribution in [3.63, 3.8) is 0 Å². The first-order chi connectivity index (χ1) is 11.6. The molecule has 0 fully saturated rings. The maximum absolute atomic E-state index is 12.1. The van der Waals surface area contributed by atoms with Gasteiger partial charge in [-0.25, -0.2) is 4.79 Å². The topological polar surface area (TPSA) is 70.6 Å². The van der Waals surface area contributed by atoms with Crippen LogP contribution in [0.4, 0.5) is 4.79 Å². The second-order valence-corrected chi connectivity index (χ2v) is 6.09. The van der Waals surface area contributed by atoms with Crippen LogP contribution in [0.15, 0.2) is 48.5 Å². The molecule has 6 heteroatoms. The van der Waals surface area contributed by atoms with E-state index in [1.54, 1.807) is 24.3 Å². The monoisotopic (exact) mass is 346 g/mol. The summed E-state index contributed by atoms with van der Waals surface area (Å²) in [7, 11) is 0. The van der Waals surface area contributed by atoms with Gasteiger partial charge in [-0.3, -0.25) is 0 Å². The molecule has 0 aromatic heterocycles. The number of aliphatic hydroxyl groups excluding tert-OH is 1. The van der Waals surface area contributed by atoms with Crippen molar-refractivity contribution in [3.8, 4) is 5.75 Å². The van der Waals surface area contributed by atoms with Gasteiger partial charge in [-0.1, -0.05) is 41.9 Å². The molecule has 5 nitrogen and oxygen atoms in total. The van der Waals surface area contributed by atoms with E-state index in [1.807, 2.05) is 24.3 Å². The summed E-state index contributed by atoms with van der Waals surface area (Å²) in [5, 5.41) is 16.4. The molecule has 3 N–H and O–H groups in total. The fraction of sp³-hybridized carbons (Fsp3) is 0.278. The fourth-order valence-corrected chi connectivity index (χ4v) is 2.82. The van der Waals surface area contributed by atoms with Crippen LogP contribution in [0, 0.1) is 0 Å². The number of benzene rings is 2. The number of hydrogen-bond donors (Lipinski definition) is 3. The maximum atomic E-state index is 12.1. The molecular formula is C18H19ClN2O3. The normalized spacial score (nSPS) is 17.3. The summed E-state index contributed by atoms with van der Waals surface area (Å²) in [5.41, 5.74) is 1.67. The van der Waals surface area contributed by atoms with Crippen LogP contribution < -0.4 is 15.4 Å². The van der Waals surface area contributed by atoms with Crippen molar-refractivity contribution >= 4 is 17.6 Å². The average molecular weight is 347 g/mol. The summed E-state index contributed by atoms with van der Waals surface area (Å²) in [6.45, 7) is 0.688. The molecular weight excluding hydrogens is 328 g/mol. The van der Waals surface area contributed by atoms with Crippen molar-refractivity contribution in [3.05, 3.63) is 64.7 Å². The molecule has 0 saturated heterocycles. The summed E-state index contributed by atoms with van der Waals surface area (Å²) in [6, 6.07) is 14.1. The van der Waals surface area contributed by atoms with Gasteiger partial charge in [0.2, 0.25) is 0 Å². The maximum Gasteiger partial charge on any atom is 0.315 e. The molecule has 2 amide bonds. The summed E-state index contributed by atoms with van der Waals surface area (Å²) < 4.78 is 5.58. The molecule has 0 saturated carbocycles. The van der Waals surface area contributed by atoms with Crippen LogP contribution >= 0.6 is 11.6 Å².